The number of methoxy groups -OCH3 is 1. The lowest BCUT2D eigenvalue weighted by Crippen LogP contribution is -2.30. The number of aromatic nitrogens is 1. The molecule has 1 atom stereocenters. The maximum absolute atomic E-state index is 13.5. The fourth-order valence-electron chi connectivity index (χ4n) is 4.41. The number of halogens is 1. The van der Waals surface area contributed by atoms with E-state index in [9.17, 15) is 14.4 Å². The van der Waals surface area contributed by atoms with Crippen LogP contribution in [0.3, 0.4) is 0 Å². The lowest BCUT2D eigenvalue weighted by Gasteiger charge is -2.15. The molecule has 5 aromatic rings. The number of hydrogen-bond acceptors (Lipinski definition) is 7. The lowest BCUT2D eigenvalue weighted by molar-refractivity contribution is -0.116. The van der Waals surface area contributed by atoms with E-state index < -0.39 is 17.1 Å². The molecule has 0 bridgehead atoms. The third kappa shape index (κ3) is 9.41. The van der Waals surface area contributed by atoms with E-state index in [2.05, 4.69) is 36.9 Å². The van der Waals surface area contributed by atoms with Gasteiger partial charge in [-0.25, -0.2) is 4.98 Å². The quantitative estimate of drug-likeness (QED) is 0.0879. The van der Waals surface area contributed by atoms with Gasteiger partial charge in [-0.05, 0) is 72.7 Å². The van der Waals surface area contributed by atoms with Gasteiger partial charge in [0.15, 0.2) is 5.13 Å². The number of thiazole rings is 1. The number of ether oxygens (including phenoxy) is 1. The molecule has 1 heterocycles. The van der Waals surface area contributed by atoms with Crippen molar-refractivity contribution in [3.63, 3.8) is 0 Å². The molecule has 5 rings (SSSR count). The van der Waals surface area contributed by atoms with Crippen LogP contribution in [0, 0.1) is 0 Å². The van der Waals surface area contributed by atoms with Crippen LogP contribution >= 0.6 is 39.0 Å². The molecular weight excluding hydrogens is 696 g/mol. The van der Waals surface area contributed by atoms with E-state index in [1.807, 2.05) is 54.8 Å². The van der Waals surface area contributed by atoms with Gasteiger partial charge in [-0.3, -0.25) is 14.4 Å². The number of anilines is 2. The van der Waals surface area contributed by atoms with Crippen LogP contribution in [-0.4, -0.2) is 35.1 Å². The Morgan fingerprint density at radius 1 is 0.936 bits per heavy atom. The van der Waals surface area contributed by atoms with Gasteiger partial charge in [-0.15, -0.1) is 23.1 Å². The van der Waals surface area contributed by atoms with Crippen LogP contribution in [0.4, 0.5) is 10.8 Å². The van der Waals surface area contributed by atoms with Gasteiger partial charge in [0.1, 0.15) is 11.4 Å². The highest BCUT2D eigenvalue weighted by Gasteiger charge is 2.21. The molecule has 0 fully saturated rings. The third-order valence-corrected chi connectivity index (χ3v) is 9.51. The highest BCUT2D eigenvalue weighted by Crippen LogP contribution is 2.30. The van der Waals surface area contributed by atoms with Crippen LogP contribution < -0.4 is 20.7 Å². The van der Waals surface area contributed by atoms with E-state index in [0.29, 0.717) is 34.1 Å². The summed E-state index contributed by atoms with van der Waals surface area (Å²) in [4.78, 5) is 45.1. The number of hydrogen-bond donors (Lipinski definition) is 3. The van der Waals surface area contributed by atoms with Crippen LogP contribution in [0.15, 0.2) is 124 Å². The molecule has 0 spiro atoms. The van der Waals surface area contributed by atoms with E-state index in [1.54, 1.807) is 73.8 Å². The average Bonchev–Trinajstić information content (AvgIpc) is 3.56. The van der Waals surface area contributed by atoms with Crippen LogP contribution in [0.5, 0.6) is 5.75 Å². The summed E-state index contributed by atoms with van der Waals surface area (Å²) < 4.78 is 6.22. The summed E-state index contributed by atoms with van der Waals surface area (Å²) in [6.07, 6.45) is 2.19. The van der Waals surface area contributed by atoms with E-state index in [4.69, 9.17) is 4.74 Å². The minimum absolute atomic E-state index is 0.0684. The van der Waals surface area contributed by atoms with Crippen molar-refractivity contribution in [2.75, 3.05) is 17.7 Å². The Bertz CT molecular complexity index is 1880. The second-order valence-electron chi connectivity index (χ2n) is 10.2. The fraction of sp³-hybridized carbons (Fsp3) is 0.111. The zero-order chi connectivity index (χ0) is 33.2. The molecule has 0 aliphatic heterocycles. The van der Waals surface area contributed by atoms with Crippen molar-refractivity contribution in [2.45, 2.75) is 23.5 Å². The molecule has 1 aromatic heterocycles. The molecule has 8 nitrogen and oxygen atoms in total. The summed E-state index contributed by atoms with van der Waals surface area (Å²) in [7, 11) is 1.58. The van der Waals surface area contributed by atoms with E-state index >= 15 is 0 Å². The molecule has 3 N–H and O–H groups in total. The molecule has 4 aromatic carbocycles. The predicted octanol–water partition coefficient (Wildman–Crippen LogP) is 8.50. The molecule has 0 radical (unpaired) electrons. The number of benzene rings is 4. The van der Waals surface area contributed by atoms with Gasteiger partial charge in [0.05, 0.1) is 18.1 Å². The maximum atomic E-state index is 13.5. The monoisotopic (exact) mass is 726 g/mol. The van der Waals surface area contributed by atoms with Gasteiger partial charge in [0.25, 0.3) is 11.8 Å². The predicted molar refractivity (Wildman–Crippen MR) is 194 cm³/mol. The van der Waals surface area contributed by atoms with Crippen LogP contribution in [0.25, 0.3) is 17.3 Å². The Kier molecular flexibility index (Phi) is 11.6. The van der Waals surface area contributed by atoms with Gasteiger partial charge < -0.3 is 20.7 Å². The van der Waals surface area contributed by atoms with Crippen LogP contribution in [0.2, 0.25) is 0 Å². The van der Waals surface area contributed by atoms with Gasteiger partial charge in [0.2, 0.25) is 5.91 Å². The Morgan fingerprint density at radius 2 is 1.68 bits per heavy atom. The lowest BCUT2D eigenvalue weighted by atomic mass is 10.1. The normalized spacial score (nSPS) is 11.8. The van der Waals surface area contributed by atoms with E-state index in [0.717, 1.165) is 20.6 Å². The second-order valence-corrected chi connectivity index (χ2v) is 13.2. The van der Waals surface area contributed by atoms with Gasteiger partial charge in [-0.1, -0.05) is 71.4 Å². The number of thioether (sulfide) groups is 1. The van der Waals surface area contributed by atoms with Crippen LogP contribution in [-0.2, 0) is 9.59 Å². The summed E-state index contributed by atoms with van der Waals surface area (Å²) in [5, 5.41) is 10.6. The SMILES string of the molecule is CCC(Sc1cccc(NC(=O)/C(=C\c2ccc(OC)cc2)NC(=O)c2ccccc2)c1)C(=O)Nc1nc(-c2ccc(Br)cc2)cs1. The molecule has 11 heteroatoms. The first kappa shape index (κ1) is 33.6. The molecule has 3 amide bonds. The largest absolute Gasteiger partial charge is 0.497 e. The summed E-state index contributed by atoms with van der Waals surface area (Å²) >= 11 is 6.21. The Labute approximate surface area is 289 Å². The number of carbonyl (C=O) groups excluding carboxylic acids is 3. The molecule has 0 saturated heterocycles. The van der Waals surface area contributed by atoms with Crippen molar-refractivity contribution in [1.82, 2.24) is 10.3 Å². The van der Waals surface area contributed by atoms with Crippen LogP contribution in [0.1, 0.15) is 29.3 Å². The van der Waals surface area contributed by atoms with Crippen molar-refractivity contribution in [3.05, 3.63) is 130 Å². The Hall–Kier alpha value is -4.71. The number of rotatable bonds is 12. The summed E-state index contributed by atoms with van der Waals surface area (Å²) in [5.41, 5.74) is 3.47. The van der Waals surface area contributed by atoms with E-state index in [-0.39, 0.29) is 11.6 Å². The average molecular weight is 728 g/mol. The van der Waals surface area contributed by atoms with Crippen molar-refractivity contribution < 1.29 is 19.1 Å². The molecule has 0 saturated carbocycles. The van der Waals surface area contributed by atoms with Crippen molar-refractivity contribution in [2.24, 2.45) is 0 Å². The van der Waals surface area contributed by atoms with Gasteiger partial charge in [0, 0.05) is 31.6 Å². The first-order valence-electron chi connectivity index (χ1n) is 14.6. The maximum Gasteiger partial charge on any atom is 0.272 e. The van der Waals surface area contributed by atoms with Gasteiger partial charge in [-0.2, -0.15) is 0 Å². The third-order valence-electron chi connectivity index (χ3n) is 6.86. The zero-order valence-electron chi connectivity index (χ0n) is 25.5. The van der Waals surface area contributed by atoms with E-state index in [1.165, 1.54) is 23.1 Å². The molecule has 47 heavy (non-hydrogen) atoms. The first-order chi connectivity index (χ1) is 22.8. The fourth-order valence-corrected chi connectivity index (χ4v) is 6.41. The zero-order valence-corrected chi connectivity index (χ0v) is 28.7. The molecule has 238 valence electrons. The van der Waals surface area contributed by atoms with Gasteiger partial charge >= 0.3 is 0 Å². The summed E-state index contributed by atoms with van der Waals surface area (Å²) in [5.74, 6) is -0.392. The first-order valence-corrected chi connectivity index (χ1v) is 17.2. The Morgan fingerprint density at radius 3 is 2.38 bits per heavy atom. The smallest absolute Gasteiger partial charge is 0.272 e. The van der Waals surface area contributed by atoms with Crippen molar-refractivity contribution >= 4 is 73.6 Å². The minimum atomic E-state index is -0.498. The summed E-state index contributed by atoms with van der Waals surface area (Å²) in [6, 6.07) is 30.9. The molecule has 0 aliphatic rings. The summed E-state index contributed by atoms with van der Waals surface area (Å²) in [6.45, 7) is 1.95. The Balaban J connectivity index is 1.27. The molecule has 0 aliphatic carbocycles. The minimum Gasteiger partial charge on any atom is -0.497 e. The molecular formula is C36H31BrN4O4S2. The van der Waals surface area contributed by atoms with Crippen molar-refractivity contribution in [3.8, 4) is 17.0 Å². The number of carbonyl (C=O) groups is 3. The standard InChI is InChI=1S/C36H31BrN4O4S2/c1-3-32(35(44)41-36-40-31(22-46-36)24-14-16-26(37)17-15-24)47-29-11-7-10-27(21-29)38-34(43)30(20-23-12-18-28(45-2)19-13-23)39-33(42)25-8-5-4-6-9-25/h4-22,32H,3H2,1-2H3,(H,38,43)(H,39,42)(H,40,41,44)/b30-20+. The highest BCUT2D eigenvalue weighted by atomic mass is 79.9. The highest BCUT2D eigenvalue weighted by molar-refractivity contribution is 9.10. The number of nitrogens with one attached hydrogen (secondary N) is 3. The topological polar surface area (TPSA) is 109 Å². The second kappa shape index (κ2) is 16.2. The number of amides is 3. The van der Waals surface area contributed by atoms with Crippen molar-refractivity contribution in [1.29, 1.82) is 0 Å². The molecule has 1 unspecified atom stereocenters. The number of nitrogens with zero attached hydrogens (tertiary/aromatic N) is 1.